The van der Waals surface area contributed by atoms with Gasteiger partial charge in [0.1, 0.15) is 5.75 Å². The molecule has 11 nitrogen and oxygen atoms in total. The molecule has 3 N–H and O–H groups in total. The third-order valence-electron chi connectivity index (χ3n) is 8.67. The lowest BCUT2D eigenvalue weighted by Gasteiger charge is -2.40. The molecule has 2 amide bonds. The lowest BCUT2D eigenvalue weighted by Crippen LogP contribution is -2.56. The van der Waals surface area contributed by atoms with Crippen LogP contribution in [0.3, 0.4) is 0 Å². The highest BCUT2D eigenvalue weighted by Crippen LogP contribution is 2.40. The van der Waals surface area contributed by atoms with E-state index in [-0.39, 0.29) is 24.6 Å². The number of piperazine rings is 1. The van der Waals surface area contributed by atoms with Crippen LogP contribution in [0.25, 0.3) is 0 Å². The van der Waals surface area contributed by atoms with Crippen LogP contribution in [0.5, 0.6) is 11.5 Å². The second kappa shape index (κ2) is 16.9. The fourth-order valence-electron chi connectivity index (χ4n) is 6.35. The fraction of sp³-hybridized carbons (Fsp3) is 0.324. The second-order valence-electron chi connectivity index (χ2n) is 11.7. The van der Waals surface area contributed by atoms with Crippen molar-refractivity contribution in [2.75, 3.05) is 50.6 Å². The molecule has 0 bridgehead atoms. The SMILES string of the molecule is CCC(NC(=O)Nc1cccc(C2C(C(=O)OC)=C(C)NC(C)=C2C(=O)OC)c1)N1CCN(c2ccccc2Oc2ccccc2)CC1.Cl. The van der Waals surface area contributed by atoms with Gasteiger partial charge in [-0.25, -0.2) is 14.4 Å². The van der Waals surface area contributed by atoms with Crippen molar-refractivity contribution in [1.82, 2.24) is 15.5 Å². The predicted octanol–water partition coefficient (Wildman–Crippen LogP) is 6.16. The summed E-state index contributed by atoms with van der Waals surface area (Å²) >= 11 is 0. The topological polar surface area (TPSA) is 121 Å². The molecule has 1 fully saturated rings. The third-order valence-corrected chi connectivity index (χ3v) is 8.67. The highest BCUT2D eigenvalue weighted by molar-refractivity contribution is 6.00. The first kappa shape index (κ1) is 36.8. The van der Waals surface area contributed by atoms with Crippen molar-refractivity contribution in [1.29, 1.82) is 0 Å². The number of amides is 2. The summed E-state index contributed by atoms with van der Waals surface area (Å²) in [7, 11) is 2.60. The number of para-hydroxylation sites is 3. The number of benzene rings is 3. The maximum atomic E-state index is 13.3. The highest BCUT2D eigenvalue weighted by atomic mass is 35.5. The monoisotopic (exact) mass is 689 g/mol. The first-order valence-corrected chi connectivity index (χ1v) is 16.1. The predicted molar refractivity (Wildman–Crippen MR) is 192 cm³/mol. The van der Waals surface area contributed by atoms with Gasteiger partial charge in [0.2, 0.25) is 0 Å². The van der Waals surface area contributed by atoms with Gasteiger partial charge in [0.15, 0.2) is 5.75 Å². The molecule has 1 atom stereocenters. The van der Waals surface area contributed by atoms with Crippen LogP contribution < -0.4 is 25.6 Å². The fourth-order valence-corrected chi connectivity index (χ4v) is 6.35. The quantitative estimate of drug-likeness (QED) is 0.215. The minimum absolute atomic E-state index is 0. The van der Waals surface area contributed by atoms with Crippen LogP contribution in [-0.2, 0) is 19.1 Å². The molecular weight excluding hydrogens is 646 g/mol. The zero-order valence-electron chi connectivity index (χ0n) is 28.4. The van der Waals surface area contributed by atoms with Gasteiger partial charge in [-0.05, 0) is 62.2 Å². The van der Waals surface area contributed by atoms with Crippen molar-refractivity contribution in [3.05, 3.63) is 107 Å². The lowest BCUT2D eigenvalue weighted by molar-refractivity contribution is -0.137. The average Bonchev–Trinajstić information content (AvgIpc) is 3.10. The maximum absolute atomic E-state index is 13.3. The van der Waals surface area contributed by atoms with Crippen LogP contribution in [0.15, 0.2) is 101 Å². The Labute approximate surface area is 293 Å². The summed E-state index contributed by atoms with van der Waals surface area (Å²) in [5.41, 5.74) is 3.93. The Morgan fingerprint density at radius 3 is 2.06 bits per heavy atom. The number of halogens is 1. The molecule has 1 unspecified atom stereocenters. The van der Waals surface area contributed by atoms with Gasteiger partial charge in [-0.1, -0.05) is 49.4 Å². The number of nitrogens with one attached hydrogen (secondary N) is 3. The van der Waals surface area contributed by atoms with Gasteiger partial charge in [-0.2, -0.15) is 0 Å². The summed E-state index contributed by atoms with van der Waals surface area (Å²) in [5.74, 6) is -0.278. The molecule has 2 aliphatic heterocycles. The Balaban J connectivity index is 0.00000541. The summed E-state index contributed by atoms with van der Waals surface area (Å²) in [5, 5.41) is 9.17. The molecular formula is C37H44ClN5O6. The van der Waals surface area contributed by atoms with Crippen molar-refractivity contribution in [2.24, 2.45) is 0 Å². The Morgan fingerprint density at radius 1 is 0.837 bits per heavy atom. The summed E-state index contributed by atoms with van der Waals surface area (Å²) in [6, 6.07) is 24.6. The van der Waals surface area contributed by atoms with E-state index in [2.05, 4.69) is 31.8 Å². The van der Waals surface area contributed by atoms with E-state index in [1.807, 2.05) is 61.5 Å². The van der Waals surface area contributed by atoms with Crippen molar-refractivity contribution in [3.63, 3.8) is 0 Å². The number of ether oxygens (including phenoxy) is 3. The van der Waals surface area contributed by atoms with Crippen molar-refractivity contribution >= 4 is 41.8 Å². The molecule has 12 heteroatoms. The van der Waals surface area contributed by atoms with Gasteiger partial charge in [0.05, 0.1) is 43.1 Å². The van der Waals surface area contributed by atoms with E-state index in [1.165, 1.54) is 14.2 Å². The molecule has 1 saturated heterocycles. The Kier molecular flexibility index (Phi) is 12.7. The van der Waals surface area contributed by atoms with E-state index >= 15 is 0 Å². The molecule has 49 heavy (non-hydrogen) atoms. The number of hydrogen-bond donors (Lipinski definition) is 3. The standard InChI is InChI=1S/C37H43N5O6.ClH/c1-6-31(42-21-19-41(20-22-42)29-17-10-11-18-30(29)48-28-15-8-7-9-16-28)40-37(45)39-27-14-12-13-26(23-27)34-32(35(43)46-4)24(2)38-25(3)33(34)36(44)47-5;/h7-18,23,31,34,38H,6,19-22H2,1-5H3,(H2,39,40,45);1H. The number of rotatable bonds is 10. The number of allylic oxidation sites excluding steroid dienone is 2. The minimum Gasteiger partial charge on any atom is -0.466 e. The zero-order valence-corrected chi connectivity index (χ0v) is 29.3. The molecule has 0 radical (unpaired) electrons. The van der Waals surface area contributed by atoms with E-state index < -0.39 is 17.9 Å². The first-order valence-electron chi connectivity index (χ1n) is 16.1. The molecule has 0 saturated carbocycles. The number of anilines is 2. The number of carbonyl (C=O) groups is 3. The van der Waals surface area contributed by atoms with Gasteiger partial charge in [0, 0.05) is 43.3 Å². The molecule has 0 spiro atoms. The third kappa shape index (κ3) is 8.54. The lowest BCUT2D eigenvalue weighted by atomic mass is 9.80. The van der Waals surface area contributed by atoms with Gasteiger partial charge in [0.25, 0.3) is 0 Å². The van der Waals surface area contributed by atoms with Crippen molar-refractivity contribution in [2.45, 2.75) is 39.3 Å². The average molecular weight is 690 g/mol. The van der Waals surface area contributed by atoms with Gasteiger partial charge >= 0.3 is 18.0 Å². The summed E-state index contributed by atoms with van der Waals surface area (Å²) in [6.45, 7) is 8.63. The number of carbonyl (C=O) groups excluding carboxylic acids is 3. The van der Waals surface area contributed by atoms with E-state index in [1.54, 1.807) is 32.0 Å². The van der Waals surface area contributed by atoms with Crippen LogP contribution >= 0.6 is 12.4 Å². The number of nitrogens with zero attached hydrogens (tertiary/aromatic N) is 2. The molecule has 3 aromatic rings. The van der Waals surface area contributed by atoms with Crippen LogP contribution in [0.1, 0.15) is 38.7 Å². The normalized spacial score (nSPS) is 15.8. The minimum atomic E-state index is -0.751. The number of esters is 2. The van der Waals surface area contributed by atoms with E-state index in [9.17, 15) is 14.4 Å². The van der Waals surface area contributed by atoms with Crippen LogP contribution in [0.4, 0.5) is 16.2 Å². The van der Waals surface area contributed by atoms with Crippen LogP contribution in [0.2, 0.25) is 0 Å². The highest BCUT2D eigenvalue weighted by Gasteiger charge is 2.37. The van der Waals surface area contributed by atoms with Gasteiger partial charge in [-0.3, -0.25) is 4.90 Å². The largest absolute Gasteiger partial charge is 0.466 e. The second-order valence-corrected chi connectivity index (χ2v) is 11.7. The summed E-state index contributed by atoms with van der Waals surface area (Å²) < 4.78 is 16.3. The molecule has 3 aromatic carbocycles. The molecule has 0 aromatic heterocycles. The first-order chi connectivity index (χ1) is 23.2. The Bertz CT molecular complexity index is 1670. The maximum Gasteiger partial charge on any atom is 0.336 e. The van der Waals surface area contributed by atoms with Crippen LogP contribution in [0, 0.1) is 0 Å². The van der Waals surface area contributed by atoms with Crippen molar-refractivity contribution < 1.29 is 28.6 Å². The molecule has 2 heterocycles. The van der Waals surface area contributed by atoms with E-state index in [0.29, 0.717) is 33.8 Å². The van der Waals surface area contributed by atoms with Gasteiger partial charge < -0.3 is 35.1 Å². The molecule has 2 aliphatic rings. The van der Waals surface area contributed by atoms with Crippen LogP contribution in [-0.4, -0.2) is 69.4 Å². The summed E-state index contributed by atoms with van der Waals surface area (Å²) in [4.78, 5) is 43.7. The number of urea groups is 1. The Hall–Kier alpha value is -5.00. The smallest absolute Gasteiger partial charge is 0.336 e. The number of dihydropyridines is 1. The zero-order chi connectivity index (χ0) is 34.2. The molecule has 260 valence electrons. The summed E-state index contributed by atoms with van der Waals surface area (Å²) in [6.07, 6.45) is 0.540. The Morgan fingerprint density at radius 2 is 1.45 bits per heavy atom. The van der Waals surface area contributed by atoms with Gasteiger partial charge in [-0.15, -0.1) is 12.4 Å². The van der Waals surface area contributed by atoms with E-state index in [4.69, 9.17) is 14.2 Å². The van der Waals surface area contributed by atoms with Crippen molar-refractivity contribution in [3.8, 4) is 11.5 Å². The number of hydrogen-bond acceptors (Lipinski definition) is 9. The molecule has 0 aliphatic carbocycles. The van der Waals surface area contributed by atoms with E-state index in [0.717, 1.165) is 49.8 Å². The molecule has 5 rings (SSSR count). The number of methoxy groups -OCH3 is 2.